The van der Waals surface area contributed by atoms with E-state index in [0.29, 0.717) is 5.92 Å². The molecule has 2 N–H and O–H groups in total. The van der Waals surface area contributed by atoms with Gasteiger partial charge in [-0.25, -0.2) is 4.98 Å². The number of fused-ring (bicyclic) bond motifs is 2. The average Bonchev–Trinajstić information content (AvgIpc) is 3.16. The summed E-state index contributed by atoms with van der Waals surface area (Å²) in [5.41, 5.74) is 6.74. The second-order valence-corrected chi connectivity index (χ2v) is 8.45. The minimum absolute atomic E-state index is 0.534. The van der Waals surface area contributed by atoms with Crippen molar-refractivity contribution >= 4 is 29.0 Å². The largest absolute Gasteiger partial charge is 0.383 e. The number of hydrogen-bond donors (Lipinski definition) is 2. The molecular weight excluding hydrogens is 378 g/mol. The Balaban J connectivity index is 1.30. The summed E-state index contributed by atoms with van der Waals surface area (Å²) in [6, 6.07) is 12.9. The van der Waals surface area contributed by atoms with Crippen LogP contribution in [0.2, 0.25) is 0 Å². The summed E-state index contributed by atoms with van der Waals surface area (Å²) in [7, 11) is 0. The van der Waals surface area contributed by atoms with Gasteiger partial charge in [0.25, 0.3) is 0 Å². The van der Waals surface area contributed by atoms with Gasteiger partial charge >= 0.3 is 0 Å². The zero-order valence-corrected chi connectivity index (χ0v) is 18.0. The predicted octanol–water partition coefficient (Wildman–Crippen LogP) is 4.28. The number of hydrogen-bond acceptors (Lipinski definition) is 5. The Kier molecular flexibility index (Phi) is 6.11. The van der Waals surface area contributed by atoms with E-state index in [0.717, 1.165) is 55.3 Å². The van der Waals surface area contributed by atoms with E-state index in [-0.39, 0.29) is 0 Å². The van der Waals surface area contributed by atoms with Crippen LogP contribution in [0.25, 0.3) is 11.3 Å². The molecule has 29 heavy (non-hydrogen) atoms. The van der Waals surface area contributed by atoms with Crippen molar-refractivity contribution in [3.63, 3.8) is 0 Å². The van der Waals surface area contributed by atoms with Crippen LogP contribution in [0, 0.1) is 5.92 Å². The number of imidazole rings is 1. The summed E-state index contributed by atoms with van der Waals surface area (Å²) in [5, 5.41) is 3.49. The molecule has 152 valence electrons. The lowest BCUT2D eigenvalue weighted by atomic mass is 9.99. The standard InChI is InChI=1S/C23H29N5S/c1-17(13-27-11-10-19-6-4-5-7-20(19)14-27)12-24-18(2)22-16-28-15-21(26-29-3)8-9-23(28)25-22/h4-9,15-17,24,26H,2,10-14H2,1,3H3. The summed E-state index contributed by atoms with van der Waals surface area (Å²) >= 11 is 1.58. The smallest absolute Gasteiger partial charge is 0.137 e. The van der Waals surface area contributed by atoms with E-state index in [4.69, 9.17) is 0 Å². The molecule has 4 rings (SSSR count). The second kappa shape index (κ2) is 8.93. The quantitative estimate of drug-likeness (QED) is 0.546. The summed E-state index contributed by atoms with van der Waals surface area (Å²) in [5.74, 6) is 0.534. The minimum atomic E-state index is 0.534. The van der Waals surface area contributed by atoms with Crippen LogP contribution in [0.4, 0.5) is 5.69 Å². The topological polar surface area (TPSA) is 44.6 Å². The van der Waals surface area contributed by atoms with Crippen LogP contribution in [0.5, 0.6) is 0 Å². The van der Waals surface area contributed by atoms with E-state index < -0.39 is 0 Å². The van der Waals surface area contributed by atoms with Crippen LogP contribution in [0.3, 0.4) is 0 Å². The maximum absolute atomic E-state index is 4.69. The summed E-state index contributed by atoms with van der Waals surface area (Å²) < 4.78 is 5.29. The first kappa shape index (κ1) is 19.9. The molecule has 1 unspecified atom stereocenters. The lowest BCUT2D eigenvalue weighted by Gasteiger charge is -2.31. The van der Waals surface area contributed by atoms with Crippen molar-refractivity contribution in [2.45, 2.75) is 19.9 Å². The van der Waals surface area contributed by atoms with Gasteiger partial charge in [-0.05, 0) is 35.6 Å². The van der Waals surface area contributed by atoms with Crippen LogP contribution < -0.4 is 10.0 Å². The summed E-state index contributed by atoms with van der Waals surface area (Å²) in [6.45, 7) is 10.7. The molecule has 1 atom stereocenters. The maximum atomic E-state index is 4.69. The Hall–Kier alpha value is -2.44. The van der Waals surface area contributed by atoms with Gasteiger partial charge in [-0.15, -0.1) is 0 Å². The summed E-state index contributed by atoms with van der Waals surface area (Å²) in [6.07, 6.45) is 7.24. The van der Waals surface area contributed by atoms with Crippen LogP contribution in [-0.2, 0) is 13.0 Å². The van der Waals surface area contributed by atoms with E-state index in [9.17, 15) is 0 Å². The predicted molar refractivity (Wildman–Crippen MR) is 124 cm³/mol. The normalized spacial score (nSPS) is 15.1. The van der Waals surface area contributed by atoms with Gasteiger partial charge in [0.1, 0.15) is 11.3 Å². The highest BCUT2D eigenvalue weighted by Gasteiger charge is 2.17. The fourth-order valence-corrected chi connectivity index (χ4v) is 4.28. The van der Waals surface area contributed by atoms with Crippen molar-refractivity contribution in [1.29, 1.82) is 0 Å². The molecule has 1 aliphatic rings. The first-order valence-electron chi connectivity index (χ1n) is 10.1. The van der Waals surface area contributed by atoms with E-state index in [1.807, 2.05) is 35.2 Å². The lowest BCUT2D eigenvalue weighted by molar-refractivity contribution is 0.220. The van der Waals surface area contributed by atoms with Gasteiger partial charge in [0.2, 0.25) is 0 Å². The van der Waals surface area contributed by atoms with E-state index in [1.165, 1.54) is 11.1 Å². The molecule has 0 aliphatic carbocycles. The van der Waals surface area contributed by atoms with Crippen LogP contribution in [0.15, 0.2) is 55.4 Å². The number of anilines is 1. The Morgan fingerprint density at radius 2 is 2.03 bits per heavy atom. The van der Waals surface area contributed by atoms with E-state index in [2.05, 4.69) is 57.7 Å². The molecule has 3 heterocycles. The average molecular weight is 408 g/mol. The molecule has 0 saturated carbocycles. The fourth-order valence-electron chi connectivity index (χ4n) is 3.92. The molecule has 1 aromatic carbocycles. The van der Waals surface area contributed by atoms with Crippen LogP contribution >= 0.6 is 11.9 Å². The maximum Gasteiger partial charge on any atom is 0.137 e. The van der Waals surface area contributed by atoms with Gasteiger partial charge < -0.3 is 14.4 Å². The molecular formula is C23H29N5S. The minimum Gasteiger partial charge on any atom is -0.383 e. The third-order valence-electron chi connectivity index (χ3n) is 5.42. The molecule has 2 aromatic heterocycles. The molecule has 0 fully saturated rings. The first-order valence-corrected chi connectivity index (χ1v) is 11.3. The number of nitrogens with one attached hydrogen (secondary N) is 2. The molecule has 0 saturated heterocycles. The highest BCUT2D eigenvalue weighted by atomic mass is 32.2. The van der Waals surface area contributed by atoms with Gasteiger partial charge in [-0.3, -0.25) is 4.90 Å². The molecule has 0 radical (unpaired) electrons. The van der Waals surface area contributed by atoms with Crippen molar-refractivity contribution in [3.8, 4) is 0 Å². The Morgan fingerprint density at radius 1 is 1.21 bits per heavy atom. The van der Waals surface area contributed by atoms with Crippen LogP contribution in [-0.4, -0.2) is 40.2 Å². The highest BCUT2D eigenvalue weighted by Crippen LogP contribution is 2.20. The van der Waals surface area contributed by atoms with Crippen molar-refractivity contribution in [3.05, 3.63) is 72.2 Å². The zero-order chi connectivity index (χ0) is 20.2. The zero-order valence-electron chi connectivity index (χ0n) is 17.2. The summed E-state index contributed by atoms with van der Waals surface area (Å²) in [4.78, 5) is 7.25. The number of aromatic nitrogens is 2. The third-order valence-corrected chi connectivity index (χ3v) is 5.86. The number of rotatable bonds is 8. The fraction of sp³-hybridized carbons (Fsp3) is 0.348. The monoisotopic (exact) mass is 407 g/mol. The number of pyridine rings is 1. The van der Waals surface area contributed by atoms with Crippen molar-refractivity contribution < 1.29 is 0 Å². The Bertz CT molecular complexity index is 996. The molecule has 1 aliphatic heterocycles. The second-order valence-electron chi connectivity index (χ2n) is 7.83. The first-order chi connectivity index (χ1) is 14.1. The van der Waals surface area contributed by atoms with Crippen molar-refractivity contribution in [1.82, 2.24) is 19.6 Å². The van der Waals surface area contributed by atoms with E-state index >= 15 is 0 Å². The van der Waals surface area contributed by atoms with Gasteiger partial charge in [0.05, 0.1) is 11.4 Å². The number of benzene rings is 1. The number of nitrogens with zero attached hydrogens (tertiary/aromatic N) is 3. The Labute approximate surface area is 177 Å². The molecule has 0 bridgehead atoms. The molecule has 5 nitrogen and oxygen atoms in total. The van der Waals surface area contributed by atoms with Gasteiger partial charge in [0.15, 0.2) is 0 Å². The Morgan fingerprint density at radius 3 is 2.86 bits per heavy atom. The molecule has 0 spiro atoms. The van der Waals surface area contributed by atoms with Gasteiger partial charge in [-0.2, -0.15) is 0 Å². The molecule has 6 heteroatoms. The van der Waals surface area contributed by atoms with E-state index in [1.54, 1.807) is 11.9 Å². The third kappa shape index (κ3) is 4.77. The van der Waals surface area contributed by atoms with Crippen LogP contribution in [0.1, 0.15) is 23.7 Å². The molecule has 0 amide bonds. The van der Waals surface area contributed by atoms with Gasteiger partial charge in [-0.1, -0.05) is 49.7 Å². The SMILES string of the molecule is C=C(NCC(C)CN1CCc2ccccc2C1)c1cn2cc(NSC)ccc2n1. The van der Waals surface area contributed by atoms with Crippen molar-refractivity contribution in [2.24, 2.45) is 5.92 Å². The molecule has 3 aromatic rings. The van der Waals surface area contributed by atoms with Crippen molar-refractivity contribution in [2.75, 3.05) is 30.6 Å². The lowest BCUT2D eigenvalue weighted by Crippen LogP contribution is -2.36. The highest BCUT2D eigenvalue weighted by molar-refractivity contribution is 7.99. The van der Waals surface area contributed by atoms with Gasteiger partial charge in [0, 0.05) is 44.8 Å².